The number of carbonyl (C=O) groups is 3. The number of nitrogen functional groups attached to an aromatic ring is 1. The van der Waals surface area contributed by atoms with Crippen LogP contribution in [0.25, 0.3) is 22.6 Å². The van der Waals surface area contributed by atoms with Crippen LogP contribution in [0.15, 0.2) is 46.7 Å². The molecular formula is C31H41ClN9O18P3S2. The Labute approximate surface area is 375 Å². The number of fused-ring (bicyclic) bond motifs is 1. The van der Waals surface area contributed by atoms with Crippen LogP contribution < -0.4 is 16.4 Å². The lowest BCUT2D eigenvalue weighted by Crippen LogP contribution is -2.46. The van der Waals surface area contributed by atoms with Gasteiger partial charge in [-0.25, -0.2) is 28.6 Å². The summed E-state index contributed by atoms with van der Waals surface area (Å²) >= 11 is 8.00. The summed E-state index contributed by atoms with van der Waals surface area (Å²) in [5.74, 6) is -0.958. The fraction of sp³-hybridized carbons (Fsp3) is 0.484. The van der Waals surface area contributed by atoms with E-state index in [0.29, 0.717) is 16.4 Å². The maximum Gasteiger partial charge on any atom is 0.481 e. The molecule has 4 heterocycles. The number of aliphatic hydroxyl groups is 2. The number of aromatic nitrogens is 6. The SMILES string of the molecule is CC(C)(COP(=O)(O)OP(=O)(O)OCC1OC(n2cnc3c(N)ncnc32)C(O)C1OP(=O)(O)O)C(O)C(=O)NCCC(=O)NCCSC(=O)CSc1nc(-c2cccc(Cl)c2)no1. The van der Waals surface area contributed by atoms with Gasteiger partial charge in [-0.2, -0.15) is 9.29 Å². The first kappa shape index (κ1) is 51.5. The Morgan fingerprint density at radius 3 is 2.52 bits per heavy atom. The van der Waals surface area contributed by atoms with E-state index in [0.717, 1.165) is 40.7 Å². The molecule has 64 heavy (non-hydrogen) atoms. The highest BCUT2D eigenvalue weighted by molar-refractivity contribution is 8.15. The molecule has 0 radical (unpaired) electrons. The van der Waals surface area contributed by atoms with Gasteiger partial charge in [0.2, 0.25) is 17.6 Å². The molecule has 33 heteroatoms. The molecule has 7 unspecified atom stereocenters. The number of hydrogen-bond donors (Lipinski definition) is 9. The lowest BCUT2D eigenvalue weighted by Gasteiger charge is -2.30. The van der Waals surface area contributed by atoms with Crippen molar-refractivity contribution in [2.45, 2.75) is 56.1 Å². The van der Waals surface area contributed by atoms with Gasteiger partial charge in [-0.1, -0.05) is 66.3 Å². The average Bonchev–Trinajstić information content (AvgIpc) is 3.94. The van der Waals surface area contributed by atoms with Gasteiger partial charge in [-0.15, -0.1) is 0 Å². The third kappa shape index (κ3) is 14.8. The molecule has 2 amide bonds. The van der Waals surface area contributed by atoms with Gasteiger partial charge in [-0.3, -0.25) is 32.5 Å². The largest absolute Gasteiger partial charge is 0.481 e. The normalized spacial score (nSPS) is 20.4. The quantitative estimate of drug-likeness (QED) is 0.0286. The first-order valence-electron chi connectivity index (χ1n) is 18.2. The second-order valence-corrected chi connectivity index (χ2v) is 20.7. The van der Waals surface area contributed by atoms with Crippen LogP contribution in [-0.4, -0.2) is 139 Å². The molecule has 1 saturated heterocycles. The van der Waals surface area contributed by atoms with Gasteiger partial charge in [0.15, 0.2) is 22.8 Å². The molecule has 352 valence electrons. The molecule has 7 atom stereocenters. The van der Waals surface area contributed by atoms with Crippen LogP contribution >= 0.6 is 58.6 Å². The first-order chi connectivity index (χ1) is 29.9. The Morgan fingerprint density at radius 2 is 1.80 bits per heavy atom. The summed E-state index contributed by atoms with van der Waals surface area (Å²) in [6.07, 6.45) is -7.06. The van der Waals surface area contributed by atoms with E-state index >= 15 is 0 Å². The lowest BCUT2D eigenvalue weighted by atomic mass is 9.87. The predicted octanol–water partition coefficient (Wildman–Crippen LogP) is 1.16. The van der Waals surface area contributed by atoms with E-state index in [-0.39, 0.29) is 58.3 Å². The third-order valence-electron chi connectivity index (χ3n) is 8.57. The van der Waals surface area contributed by atoms with Crippen molar-refractivity contribution in [1.29, 1.82) is 0 Å². The van der Waals surface area contributed by atoms with E-state index in [1.165, 1.54) is 13.8 Å². The van der Waals surface area contributed by atoms with Gasteiger partial charge in [0.05, 0.1) is 25.3 Å². The van der Waals surface area contributed by atoms with Crippen LogP contribution in [0, 0.1) is 5.41 Å². The molecular weight excluding hydrogens is 979 g/mol. The van der Waals surface area contributed by atoms with Gasteiger partial charge in [0.1, 0.15) is 36.3 Å². The van der Waals surface area contributed by atoms with Crippen molar-refractivity contribution in [2.75, 3.05) is 43.5 Å². The first-order valence-corrected chi connectivity index (χ1v) is 25.1. The summed E-state index contributed by atoms with van der Waals surface area (Å²) in [4.78, 5) is 92.5. The van der Waals surface area contributed by atoms with Crippen LogP contribution in [0.5, 0.6) is 0 Å². The number of rotatable bonds is 23. The Kier molecular flexibility index (Phi) is 17.6. The minimum atomic E-state index is -5.59. The molecule has 10 N–H and O–H groups in total. The highest BCUT2D eigenvalue weighted by Gasteiger charge is 2.50. The zero-order valence-electron chi connectivity index (χ0n) is 33.2. The van der Waals surface area contributed by atoms with Crippen molar-refractivity contribution in [3.8, 4) is 11.4 Å². The number of carbonyl (C=O) groups excluding carboxylic acids is 3. The van der Waals surface area contributed by atoms with E-state index in [9.17, 15) is 57.9 Å². The number of thioether (sulfide) groups is 2. The topological polar surface area (TPSA) is 403 Å². The van der Waals surface area contributed by atoms with Crippen LogP contribution in [0.2, 0.25) is 5.02 Å². The third-order valence-corrected chi connectivity index (χ3v) is 13.8. The van der Waals surface area contributed by atoms with E-state index in [1.54, 1.807) is 24.3 Å². The van der Waals surface area contributed by atoms with Crippen molar-refractivity contribution in [3.05, 3.63) is 41.9 Å². The number of ether oxygens (including phenoxy) is 1. The standard InChI is InChI=1S/C31H41ClN9O18P3S2/c1-31(2,24(45)28(46)35-7-6-19(42)34-8-9-63-20(43)12-64-30-39-26(40-57-30)16-4-3-5-17(32)10-16)13-55-62(52,53)59-61(50,51)54-11-18-23(58-60(47,48)49)22(44)29(56-18)41-15-38-21-25(33)36-14-37-27(21)41/h3-5,10,14-15,18,22-24,29,44-45H,6-9,11-13H2,1-2H3,(H,34,42)(H,35,46)(H,50,51)(H,52,53)(H2,33,36,37)(H2,47,48,49). The Morgan fingerprint density at radius 1 is 1.06 bits per heavy atom. The monoisotopic (exact) mass is 1020 g/mol. The number of phosphoric ester groups is 3. The van der Waals surface area contributed by atoms with E-state index in [1.807, 2.05) is 0 Å². The van der Waals surface area contributed by atoms with Gasteiger partial charge in [0, 0.05) is 41.3 Å². The number of halogens is 1. The summed E-state index contributed by atoms with van der Waals surface area (Å²) in [7, 11) is -16.5. The molecule has 4 aromatic rings. The fourth-order valence-corrected chi connectivity index (χ4v) is 9.91. The molecule has 5 rings (SSSR count). The minimum Gasteiger partial charge on any atom is -0.386 e. The highest BCUT2D eigenvalue weighted by atomic mass is 35.5. The molecule has 1 aliphatic rings. The molecule has 0 bridgehead atoms. The zero-order chi connectivity index (χ0) is 47.0. The van der Waals surface area contributed by atoms with E-state index in [2.05, 4.69) is 44.6 Å². The smallest absolute Gasteiger partial charge is 0.386 e. The number of hydrogen-bond acceptors (Lipinski definition) is 22. The Bertz CT molecular complexity index is 2450. The van der Waals surface area contributed by atoms with Gasteiger partial charge >= 0.3 is 23.5 Å². The molecule has 3 aromatic heterocycles. The van der Waals surface area contributed by atoms with Gasteiger partial charge in [0.25, 0.3) is 5.22 Å². The van der Waals surface area contributed by atoms with Gasteiger partial charge in [-0.05, 0) is 12.1 Å². The van der Waals surface area contributed by atoms with E-state index < -0.39 is 84.6 Å². The maximum absolute atomic E-state index is 12.7. The summed E-state index contributed by atoms with van der Waals surface area (Å²) in [5.41, 5.74) is 4.87. The number of nitrogens with zero attached hydrogens (tertiary/aromatic N) is 6. The van der Waals surface area contributed by atoms with Gasteiger partial charge < -0.3 is 55.4 Å². The predicted molar refractivity (Wildman–Crippen MR) is 223 cm³/mol. The number of nitrogens with two attached hydrogens (primary N) is 1. The number of anilines is 1. The average molecular weight is 1020 g/mol. The number of benzene rings is 1. The zero-order valence-corrected chi connectivity index (χ0v) is 38.3. The number of nitrogens with one attached hydrogen (secondary N) is 2. The Balaban J connectivity index is 1.00. The minimum absolute atomic E-state index is 0.0223. The van der Waals surface area contributed by atoms with Crippen molar-refractivity contribution >= 4 is 92.5 Å². The maximum atomic E-state index is 12.7. The highest BCUT2D eigenvalue weighted by Crippen LogP contribution is 2.61. The molecule has 27 nitrogen and oxygen atoms in total. The fourth-order valence-electron chi connectivity index (χ4n) is 5.47. The van der Waals surface area contributed by atoms with E-state index in [4.69, 9.17) is 35.6 Å². The van der Waals surface area contributed by atoms with Crippen LogP contribution in [0.4, 0.5) is 5.82 Å². The van der Waals surface area contributed by atoms with Crippen molar-refractivity contribution in [2.24, 2.45) is 5.41 Å². The molecule has 0 spiro atoms. The summed E-state index contributed by atoms with van der Waals surface area (Å²) < 4.78 is 67.4. The molecule has 1 fully saturated rings. The van der Waals surface area contributed by atoms with Crippen molar-refractivity contribution < 1.29 is 85.0 Å². The Hall–Kier alpha value is -3.44. The second kappa shape index (κ2) is 21.9. The number of imidazole rings is 1. The second-order valence-electron chi connectivity index (χ2n) is 14.0. The molecule has 0 saturated carbocycles. The molecule has 1 aromatic carbocycles. The lowest BCUT2D eigenvalue weighted by molar-refractivity contribution is -0.137. The van der Waals surface area contributed by atoms with Crippen LogP contribution in [0.1, 0.15) is 26.5 Å². The number of amides is 2. The number of phosphoric acid groups is 3. The summed E-state index contributed by atoms with van der Waals surface area (Å²) in [6.45, 7) is 0.304. The van der Waals surface area contributed by atoms with Crippen LogP contribution in [-0.2, 0) is 50.7 Å². The molecule has 1 aliphatic heterocycles. The van der Waals surface area contributed by atoms with Crippen molar-refractivity contribution in [1.82, 2.24) is 40.3 Å². The van der Waals surface area contributed by atoms with Crippen LogP contribution in [0.3, 0.4) is 0 Å². The summed E-state index contributed by atoms with van der Waals surface area (Å²) in [5, 5.41) is 30.8. The number of aliphatic hydroxyl groups excluding tert-OH is 2. The van der Waals surface area contributed by atoms with Crippen molar-refractivity contribution in [3.63, 3.8) is 0 Å². The summed E-state index contributed by atoms with van der Waals surface area (Å²) in [6, 6.07) is 6.86. The molecule has 0 aliphatic carbocycles.